The monoisotopic (exact) mass is 283 g/mol. The molecule has 4 N–H and O–H groups in total. The summed E-state index contributed by atoms with van der Waals surface area (Å²) >= 11 is 0. The fraction of sp³-hybridized carbons (Fsp3) is 0.417. The fourth-order valence-corrected chi connectivity index (χ4v) is 4.27. The van der Waals surface area contributed by atoms with E-state index in [1.807, 2.05) is 0 Å². The van der Waals surface area contributed by atoms with Crippen LogP contribution in [0.4, 0.5) is 5.69 Å². The number of benzene rings is 1. The molecule has 7 heteroatoms. The van der Waals surface area contributed by atoms with Gasteiger partial charge in [-0.05, 0) is 43.5 Å². The largest absolute Gasteiger partial charge is 0.399 e. The van der Waals surface area contributed by atoms with Crippen LogP contribution >= 0.6 is 0 Å². The Bertz CT molecular complexity index is 613. The van der Waals surface area contributed by atoms with Gasteiger partial charge in [0.15, 0.2) is 0 Å². The summed E-state index contributed by atoms with van der Waals surface area (Å²) in [6.07, 6.45) is 1.11. The number of primary amides is 1. The minimum absolute atomic E-state index is 0.176. The van der Waals surface area contributed by atoms with Gasteiger partial charge in [0.25, 0.3) is 0 Å². The molecule has 1 aliphatic rings. The van der Waals surface area contributed by atoms with Gasteiger partial charge in [0, 0.05) is 12.2 Å². The van der Waals surface area contributed by atoms with E-state index in [1.165, 1.54) is 16.4 Å². The maximum Gasteiger partial charge on any atom is 0.244 e. The van der Waals surface area contributed by atoms with Crippen molar-refractivity contribution in [2.24, 2.45) is 5.73 Å². The van der Waals surface area contributed by atoms with Gasteiger partial charge in [0.05, 0.1) is 4.90 Å². The van der Waals surface area contributed by atoms with Crippen LogP contribution in [0.2, 0.25) is 0 Å². The molecule has 1 fully saturated rings. The topological polar surface area (TPSA) is 106 Å². The van der Waals surface area contributed by atoms with E-state index in [4.69, 9.17) is 11.5 Å². The van der Waals surface area contributed by atoms with Crippen LogP contribution in [0.15, 0.2) is 23.1 Å². The van der Waals surface area contributed by atoms with Crippen molar-refractivity contribution < 1.29 is 13.2 Å². The van der Waals surface area contributed by atoms with Gasteiger partial charge in [-0.2, -0.15) is 4.31 Å². The third-order valence-electron chi connectivity index (χ3n) is 3.32. The molecule has 1 heterocycles. The van der Waals surface area contributed by atoms with Crippen molar-refractivity contribution in [3.63, 3.8) is 0 Å². The minimum Gasteiger partial charge on any atom is -0.399 e. The lowest BCUT2D eigenvalue weighted by Crippen LogP contribution is -2.43. The number of anilines is 1. The summed E-state index contributed by atoms with van der Waals surface area (Å²) in [5.41, 5.74) is 11.9. The predicted octanol–water partition coefficient (Wildman–Crippen LogP) is 0.216. The average Bonchev–Trinajstić information content (AvgIpc) is 2.77. The normalized spacial score (nSPS) is 20.6. The summed E-state index contributed by atoms with van der Waals surface area (Å²) in [4.78, 5) is 11.5. The van der Waals surface area contributed by atoms with E-state index in [1.54, 1.807) is 13.0 Å². The average molecular weight is 283 g/mol. The Hall–Kier alpha value is -1.60. The van der Waals surface area contributed by atoms with Crippen molar-refractivity contribution in [2.45, 2.75) is 30.7 Å². The quantitative estimate of drug-likeness (QED) is 0.773. The van der Waals surface area contributed by atoms with E-state index in [-0.39, 0.29) is 4.90 Å². The molecule has 104 valence electrons. The second-order valence-corrected chi connectivity index (χ2v) is 6.56. The number of aryl methyl sites for hydroxylation is 1. The summed E-state index contributed by atoms with van der Waals surface area (Å²) in [6.45, 7) is 2.00. The van der Waals surface area contributed by atoms with Crippen LogP contribution < -0.4 is 11.5 Å². The SMILES string of the molecule is Cc1cc(N)ccc1S(=O)(=O)N1CCCC1C(N)=O. The van der Waals surface area contributed by atoms with Crippen molar-refractivity contribution in [1.29, 1.82) is 0 Å². The van der Waals surface area contributed by atoms with E-state index in [0.717, 1.165) is 0 Å². The molecule has 0 radical (unpaired) electrons. The number of nitrogens with zero attached hydrogens (tertiary/aromatic N) is 1. The number of hydrogen-bond donors (Lipinski definition) is 2. The van der Waals surface area contributed by atoms with E-state index < -0.39 is 22.0 Å². The summed E-state index contributed by atoms with van der Waals surface area (Å²) in [5, 5.41) is 0. The van der Waals surface area contributed by atoms with Crippen molar-refractivity contribution in [3.05, 3.63) is 23.8 Å². The molecule has 0 saturated carbocycles. The molecule has 0 aliphatic carbocycles. The molecule has 2 rings (SSSR count). The highest BCUT2D eigenvalue weighted by Crippen LogP contribution is 2.28. The predicted molar refractivity (Wildman–Crippen MR) is 71.7 cm³/mol. The molecule has 0 spiro atoms. The smallest absolute Gasteiger partial charge is 0.244 e. The molecule has 1 amide bonds. The number of nitrogens with two attached hydrogens (primary N) is 2. The first-order chi connectivity index (χ1) is 8.84. The molecule has 6 nitrogen and oxygen atoms in total. The molecule has 1 aromatic rings. The third kappa shape index (κ3) is 2.43. The Morgan fingerprint density at radius 1 is 1.42 bits per heavy atom. The highest BCUT2D eigenvalue weighted by atomic mass is 32.2. The zero-order valence-electron chi connectivity index (χ0n) is 10.7. The van der Waals surface area contributed by atoms with Crippen LogP contribution in [0.5, 0.6) is 0 Å². The lowest BCUT2D eigenvalue weighted by molar-refractivity contribution is -0.121. The number of nitrogen functional groups attached to an aromatic ring is 1. The Morgan fingerprint density at radius 2 is 2.11 bits per heavy atom. The standard InChI is InChI=1S/C12H17N3O3S/c1-8-7-9(13)4-5-11(8)19(17,18)15-6-2-3-10(15)12(14)16/h4-5,7,10H,2-3,6,13H2,1H3,(H2,14,16). The first kappa shape index (κ1) is 13.8. The van der Waals surface area contributed by atoms with Crippen LogP contribution in [0.25, 0.3) is 0 Å². The van der Waals surface area contributed by atoms with Crippen LogP contribution in [0.1, 0.15) is 18.4 Å². The van der Waals surface area contributed by atoms with Crippen LogP contribution in [0.3, 0.4) is 0 Å². The minimum atomic E-state index is -3.70. The molecule has 0 bridgehead atoms. The molecular weight excluding hydrogens is 266 g/mol. The summed E-state index contributed by atoms with van der Waals surface area (Å²) in [7, 11) is -3.70. The van der Waals surface area contributed by atoms with Gasteiger partial charge in [-0.3, -0.25) is 4.79 Å². The van der Waals surface area contributed by atoms with Crippen molar-refractivity contribution in [3.8, 4) is 0 Å². The summed E-state index contributed by atoms with van der Waals surface area (Å²) < 4.78 is 26.3. The van der Waals surface area contributed by atoms with Crippen LogP contribution in [-0.2, 0) is 14.8 Å². The van der Waals surface area contributed by atoms with Gasteiger partial charge in [0.1, 0.15) is 6.04 Å². The summed E-state index contributed by atoms with van der Waals surface area (Å²) in [6, 6.07) is 3.86. The van der Waals surface area contributed by atoms with Gasteiger partial charge < -0.3 is 11.5 Å². The second-order valence-electron chi connectivity index (χ2n) is 4.70. The second kappa shape index (κ2) is 4.82. The number of hydrogen-bond acceptors (Lipinski definition) is 4. The molecule has 0 aromatic heterocycles. The highest BCUT2D eigenvalue weighted by Gasteiger charge is 2.38. The van der Waals surface area contributed by atoms with Gasteiger partial charge >= 0.3 is 0 Å². The Labute approximate surface area is 112 Å². The zero-order valence-corrected chi connectivity index (χ0v) is 11.5. The number of carbonyl (C=O) groups is 1. The van der Waals surface area contributed by atoms with Gasteiger partial charge in [-0.25, -0.2) is 8.42 Å². The van der Waals surface area contributed by atoms with Crippen molar-refractivity contribution in [1.82, 2.24) is 4.31 Å². The molecule has 1 atom stereocenters. The van der Waals surface area contributed by atoms with Crippen LogP contribution in [-0.4, -0.2) is 31.2 Å². The maximum atomic E-state index is 12.6. The number of amides is 1. The van der Waals surface area contributed by atoms with Crippen molar-refractivity contribution >= 4 is 21.6 Å². The zero-order chi connectivity index (χ0) is 14.2. The molecule has 1 aromatic carbocycles. The molecule has 1 aliphatic heterocycles. The Balaban J connectivity index is 2.45. The van der Waals surface area contributed by atoms with Gasteiger partial charge in [0.2, 0.25) is 15.9 Å². The van der Waals surface area contributed by atoms with E-state index in [9.17, 15) is 13.2 Å². The number of carbonyl (C=O) groups excluding carboxylic acids is 1. The lowest BCUT2D eigenvalue weighted by atomic mass is 10.2. The van der Waals surface area contributed by atoms with E-state index >= 15 is 0 Å². The lowest BCUT2D eigenvalue weighted by Gasteiger charge is -2.22. The van der Waals surface area contributed by atoms with Gasteiger partial charge in [-0.15, -0.1) is 0 Å². The first-order valence-electron chi connectivity index (χ1n) is 6.01. The van der Waals surface area contributed by atoms with Crippen molar-refractivity contribution in [2.75, 3.05) is 12.3 Å². The third-order valence-corrected chi connectivity index (χ3v) is 5.39. The number of rotatable bonds is 3. The Morgan fingerprint density at radius 3 is 2.68 bits per heavy atom. The van der Waals surface area contributed by atoms with Crippen LogP contribution in [0, 0.1) is 6.92 Å². The highest BCUT2D eigenvalue weighted by molar-refractivity contribution is 7.89. The molecule has 1 unspecified atom stereocenters. The first-order valence-corrected chi connectivity index (χ1v) is 7.45. The maximum absolute atomic E-state index is 12.6. The van der Waals surface area contributed by atoms with E-state index in [2.05, 4.69) is 0 Å². The molecule has 19 heavy (non-hydrogen) atoms. The number of sulfonamides is 1. The molecule has 1 saturated heterocycles. The van der Waals surface area contributed by atoms with Gasteiger partial charge in [-0.1, -0.05) is 0 Å². The fourth-order valence-electron chi connectivity index (χ4n) is 2.40. The Kier molecular flexibility index (Phi) is 3.51. The van der Waals surface area contributed by atoms with E-state index in [0.29, 0.717) is 30.6 Å². The summed E-state index contributed by atoms with van der Waals surface area (Å²) in [5.74, 6) is -0.603. The molecular formula is C12H17N3O3S.